The largest absolute Gasteiger partial charge is 0.496 e. The molecule has 446 valence electrons. The molecule has 0 aliphatic carbocycles. The summed E-state index contributed by atoms with van der Waals surface area (Å²) in [6.45, 7) is 2.07. The Bertz CT molecular complexity index is 3050. The highest BCUT2D eigenvalue weighted by atomic mass is 16.5. The van der Waals surface area contributed by atoms with Gasteiger partial charge in [-0.3, -0.25) is 54.6 Å². The van der Waals surface area contributed by atoms with Gasteiger partial charge in [-0.05, 0) is 118 Å². The number of hydrogen-bond acceptors (Lipinski definition) is 16. The average molecular weight is 1150 g/mol. The lowest BCUT2D eigenvalue weighted by Gasteiger charge is -2.21. The lowest BCUT2D eigenvalue weighted by Crippen LogP contribution is -2.44. The number of rotatable bonds is 31. The van der Waals surface area contributed by atoms with Crippen LogP contribution in [0.3, 0.4) is 0 Å². The van der Waals surface area contributed by atoms with Gasteiger partial charge in [0.2, 0.25) is 23.6 Å². The first-order valence-corrected chi connectivity index (χ1v) is 25.7. The molecule has 0 unspecified atom stereocenters. The van der Waals surface area contributed by atoms with Gasteiger partial charge in [-0.25, -0.2) is 0 Å². The van der Waals surface area contributed by atoms with Crippen molar-refractivity contribution in [3.8, 4) is 23.0 Å². The van der Waals surface area contributed by atoms with Crippen LogP contribution in [-0.2, 0) is 19.2 Å². The summed E-state index contributed by atoms with van der Waals surface area (Å²) in [6, 6.07) is 12.2. The summed E-state index contributed by atoms with van der Waals surface area (Å²) < 4.78 is 21.5. The molecule has 0 saturated heterocycles. The predicted molar refractivity (Wildman–Crippen MR) is 310 cm³/mol. The Labute approximate surface area is 477 Å². The van der Waals surface area contributed by atoms with Crippen LogP contribution in [0.4, 0.5) is 22.7 Å². The molecule has 0 radical (unpaired) electrons. The number of carbonyl (C=O) groups is 8. The van der Waals surface area contributed by atoms with E-state index in [-0.39, 0.29) is 131 Å². The minimum Gasteiger partial charge on any atom is -0.496 e. The Morgan fingerprint density at radius 2 is 0.735 bits per heavy atom. The Morgan fingerprint density at radius 1 is 0.434 bits per heavy atom. The van der Waals surface area contributed by atoms with Gasteiger partial charge in [0.1, 0.15) is 41.1 Å². The van der Waals surface area contributed by atoms with Crippen LogP contribution in [0.15, 0.2) is 72.8 Å². The minimum atomic E-state index is -1.24. The maximum atomic E-state index is 14.0. The van der Waals surface area contributed by atoms with Gasteiger partial charge in [0.15, 0.2) is 17.9 Å². The van der Waals surface area contributed by atoms with Crippen LogP contribution in [-0.4, -0.2) is 137 Å². The van der Waals surface area contributed by atoms with Crippen molar-refractivity contribution in [3.05, 3.63) is 95.1 Å². The Kier molecular flexibility index (Phi) is 25.1. The van der Waals surface area contributed by atoms with Crippen molar-refractivity contribution >= 4 is 87.9 Å². The van der Waals surface area contributed by atoms with E-state index in [0.717, 1.165) is 0 Å². The molecule has 4 rings (SSSR count). The van der Waals surface area contributed by atoms with Crippen LogP contribution in [0, 0.1) is 16.2 Å². The SMILES string of the molecule is COc1ccc(NC(=O)[C@@H](CCCNC(=N)N)NC(=O)c2cc(NC(=O)[C@@H](C)NC(=O)c3cc(NC(=O)[C@@H](CCCNC(=N)N)NC(=O)c4cc(NC(=O)[C@H](N)CCCNC(=N)N)ccc4OC)ccc3OC)ccc2OC)cc1C(N)=O. The third-order valence-electron chi connectivity index (χ3n) is 12.2. The molecule has 0 bridgehead atoms. The normalized spacial score (nSPS) is 12.0. The van der Waals surface area contributed by atoms with Crippen LogP contribution in [0.25, 0.3) is 0 Å². The molecule has 0 spiro atoms. The standard InChI is InChI=1S/C53H72N18O12/c1-27(44(73)66-29-13-17-41(82-4)34(24-29)46(75)70-37(10-7-21-63-52(58)59)49(78)68-28-12-16-39(80-2)32(23-28)43(55)72)65-45(74)33-26-31(15-19-40(33)81-3)69-50(79)38(11-8-22-64-53(60)61)71-47(76)35-25-30(14-18-42(35)83-5)67-48(77)36(54)9-6-20-62-51(56)57/h12-19,23-27,36-38H,6-11,20-22,54H2,1-5H3,(H2,55,72)(H,65,74)(H,66,73)(H,67,77)(H,68,78)(H,69,79)(H,70,75)(H,71,76)(H4,56,57,62)(H4,58,59,63)(H4,60,61,64)/t27-,36-,37-,38-/m1/s1. The molecule has 0 heterocycles. The molecular weight excluding hydrogens is 1080 g/mol. The highest BCUT2D eigenvalue weighted by Gasteiger charge is 2.28. The van der Waals surface area contributed by atoms with E-state index in [1.807, 2.05) is 0 Å². The summed E-state index contributed by atoms with van der Waals surface area (Å²) in [5.74, 6) is -6.23. The summed E-state index contributed by atoms with van der Waals surface area (Å²) in [5.41, 5.74) is 28.1. The van der Waals surface area contributed by atoms with E-state index in [1.165, 1.54) is 108 Å². The Balaban J connectivity index is 1.50. The molecule has 4 atom stereocenters. The second kappa shape index (κ2) is 32.0. The molecule has 0 aliphatic heterocycles. The lowest BCUT2D eigenvalue weighted by atomic mass is 10.1. The molecule has 0 aliphatic rings. The molecule has 0 aromatic heterocycles. The molecular formula is C53H72N18O12. The van der Waals surface area contributed by atoms with Gasteiger partial charge in [0, 0.05) is 42.4 Å². The van der Waals surface area contributed by atoms with Gasteiger partial charge >= 0.3 is 0 Å². The Morgan fingerprint density at radius 3 is 1.07 bits per heavy atom. The van der Waals surface area contributed by atoms with Crippen LogP contribution < -0.4 is 101 Å². The fraction of sp³-hybridized carbons (Fsp3) is 0.340. The van der Waals surface area contributed by atoms with Crippen molar-refractivity contribution in [2.45, 2.75) is 69.6 Å². The number of amides is 8. The first kappa shape index (κ1) is 65.1. The number of nitrogens with two attached hydrogens (primary N) is 5. The van der Waals surface area contributed by atoms with E-state index < -0.39 is 71.4 Å². The monoisotopic (exact) mass is 1150 g/mol. The van der Waals surface area contributed by atoms with Crippen LogP contribution in [0.2, 0.25) is 0 Å². The van der Waals surface area contributed by atoms with Crippen molar-refractivity contribution in [2.24, 2.45) is 28.7 Å². The fourth-order valence-electron chi connectivity index (χ4n) is 7.90. The highest BCUT2D eigenvalue weighted by Crippen LogP contribution is 2.28. The van der Waals surface area contributed by atoms with Gasteiger partial charge in [-0.15, -0.1) is 0 Å². The summed E-state index contributed by atoms with van der Waals surface area (Å²) in [4.78, 5) is 108. The summed E-state index contributed by atoms with van der Waals surface area (Å²) in [6.07, 6.45) is 1.27. The van der Waals surface area contributed by atoms with Crippen LogP contribution >= 0.6 is 0 Å². The second-order valence-electron chi connectivity index (χ2n) is 18.3. The van der Waals surface area contributed by atoms with Gasteiger partial charge < -0.3 is 101 Å². The van der Waals surface area contributed by atoms with E-state index >= 15 is 0 Å². The third kappa shape index (κ3) is 20.3. The number of methoxy groups -OCH3 is 4. The molecule has 0 saturated carbocycles. The van der Waals surface area contributed by atoms with E-state index in [9.17, 15) is 38.4 Å². The molecule has 23 N–H and O–H groups in total. The number of anilines is 4. The average Bonchev–Trinajstić information content (AvgIpc) is 3.64. The zero-order chi connectivity index (χ0) is 61.3. The van der Waals surface area contributed by atoms with Crippen molar-refractivity contribution in [2.75, 3.05) is 69.3 Å². The van der Waals surface area contributed by atoms with Gasteiger partial charge in [0.25, 0.3) is 23.6 Å². The molecule has 30 heteroatoms. The van der Waals surface area contributed by atoms with Crippen molar-refractivity contribution in [3.63, 3.8) is 0 Å². The zero-order valence-corrected chi connectivity index (χ0v) is 46.4. The smallest absolute Gasteiger partial charge is 0.255 e. The zero-order valence-electron chi connectivity index (χ0n) is 46.4. The first-order chi connectivity index (χ1) is 39.5. The second-order valence-corrected chi connectivity index (χ2v) is 18.3. The number of hydrogen-bond donors (Lipinski definition) is 18. The first-order valence-electron chi connectivity index (χ1n) is 25.7. The maximum Gasteiger partial charge on any atom is 0.255 e. The van der Waals surface area contributed by atoms with Gasteiger partial charge in [-0.2, -0.15) is 0 Å². The van der Waals surface area contributed by atoms with Crippen LogP contribution in [0.5, 0.6) is 23.0 Å². The highest BCUT2D eigenvalue weighted by molar-refractivity contribution is 6.07. The van der Waals surface area contributed by atoms with Crippen molar-refractivity contribution in [1.82, 2.24) is 31.9 Å². The van der Waals surface area contributed by atoms with Gasteiger partial charge in [-0.1, -0.05) is 0 Å². The number of benzene rings is 4. The molecule has 30 nitrogen and oxygen atoms in total. The predicted octanol–water partition coefficient (Wildman–Crippen LogP) is 0.107. The summed E-state index contributed by atoms with van der Waals surface area (Å²) in [5, 5.41) is 48.8. The molecule has 4 aromatic carbocycles. The van der Waals surface area contributed by atoms with E-state index in [0.29, 0.717) is 13.0 Å². The third-order valence-corrected chi connectivity index (χ3v) is 12.2. The fourth-order valence-corrected chi connectivity index (χ4v) is 7.90. The molecule has 8 amide bonds. The summed E-state index contributed by atoms with van der Waals surface area (Å²) in [7, 11) is 5.30. The number of ether oxygens (including phenoxy) is 4. The lowest BCUT2D eigenvalue weighted by molar-refractivity contribution is -0.118. The van der Waals surface area contributed by atoms with E-state index in [1.54, 1.807) is 0 Å². The Hall–Kier alpha value is -10.4. The number of nitrogens with one attached hydrogen (secondary N) is 13. The van der Waals surface area contributed by atoms with Crippen molar-refractivity contribution in [1.29, 1.82) is 16.2 Å². The summed E-state index contributed by atoms with van der Waals surface area (Å²) >= 11 is 0. The number of guanidine groups is 3. The number of primary amides is 1. The number of carbonyl (C=O) groups excluding carboxylic acids is 8. The quantitative estimate of drug-likeness (QED) is 0.0181. The van der Waals surface area contributed by atoms with E-state index in [4.69, 9.17) is 63.8 Å². The molecule has 83 heavy (non-hydrogen) atoms. The van der Waals surface area contributed by atoms with E-state index in [2.05, 4.69) is 53.2 Å². The van der Waals surface area contributed by atoms with Crippen LogP contribution in [0.1, 0.15) is 86.9 Å². The maximum absolute atomic E-state index is 14.0. The molecule has 4 aromatic rings. The minimum absolute atomic E-state index is 0.00195. The topological polar surface area (TPSA) is 495 Å². The van der Waals surface area contributed by atoms with Gasteiger partial charge in [0.05, 0.1) is 56.7 Å². The molecule has 0 fully saturated rings. The van der Waals surface area contributed by atoms with Crippen molar-refractivity contribution < 1.29 is 57.3 Å².